The molecule has 0 spiro atoms. The maximum atomic E-state index is 15.3. The van der Waals surface area contributed by atoms with Crippen LogP contribution in [0.4, 0.5) is 10.1 Å². The molecule has 318 valence electrons. The van der Waals surface area contributed by atoms with Crippen molar-refractivity contribution in [3.63, 3.8) is 0 Å². The van der Waals surface area contributed by atoms with Gasteiger partial charge in [-0.1, -0.05) is 66.9 Å². The van der Waals surface area contributed by atoms with Crippen molar-refractivity contribution in [2.45, 2.75) is 69.4 Å². The van der Waals surface area contributed by atoms with Crippen LogP contribution in [0.1, 0.15) is 74.7 Å². The molecule has 1 amide bonds. The van der Waals surface area contributed by atoms with Gasteiger partial charge in [-0.15, -0.1) is 0 Å². The highest BCUT2D eigenvalue weighted by Crippen LogP contribution is 2.44. The van der Waals surface area contributed by atoms with Crippen molar-refractivity contribution in [2.75, 3.05) is 44.2 Å². The molecule has 0 radical (unpaired) electrons. The first-order valence-corrected chi connectivity index (χ1v) is 22.9. The Balaban J connectivity index is 0.992. The maximum Gasteiger partial charge on any atom is 0.265 e. The van der Waals surface area contributed by atoms with Crippen LogP contribution in [0, 0.1) is 22.7 Å². The molecular weight excluding hydrogens is 837 g/mol. The Morgan fingerprint density at radius 1 is 1.00 bits per heavy atom. The van der Waals surface area contributed by atoms with Crippen LogP contribution in [-0.2, 0) is 10.0 Å². The Hall–Kier alpha value is -5.00. The fourth-order valence-corrected chi connectivity index (χ4v) is 10.1. The van der Waals surface area contributed by atoms with E-state index in [0.717, 1.165) is 85.9 Å². The number of aromatic amines is 1. The highest BCUT2D eigenvalue weighted by Gasteiger charge is 2.37. The van der Waals surface area contributed by atoms with Gasteiger partial charge in [0.2, 0.25) is 5.88 Å². The molecule has 1 saturated heterocycles. The SMILES string of the molecule is CC1(C)CCC(CN2CCN(c3ccc(C(=O)NS(=O)(=O)c4cnc(OC[C@]5(F)CC[C@H](C#N)CC5)c(Cl)c4)c(-c4cccc5[nH]ncc45)c3)CC2)=C(c2ccc(Cl)cc2)C1. The lowest BCUT2D eigenvalue weighted by molar-refractivity contribution is 0.0377. The summed E-state index contributed by atoms with van der Waals surface area (Å²) < 4.78 is 50.4. The smallest absolute Gasteiger partial charge is 0.265 e. The monoisotopic (exact) mass is 883 g/mol. The number of amides is 1. The van der Waals surface area contributed by atoms with Crippen LogP contribution in [-0.4, -0.2) is 79.4 Å². The number of carbonyl (C=O) groups is 1. The first-order valence-electron chi connectivity index (χ1n) is 20.6. The maximum absolute atomic E-state index is 15.3. The fraction of sp³-hybridized carbons (Fsp3) is 0.391. The zero-order valence-corrected chi connectivity index (χ0v) is 36.5. The second-order valence-electron chi connectivity index (χ2n) is 17.3. The number of fused-ring (bicyclic) bond motifs is 1. The summed E-state index contributed by atoms with van der Waals surface area (Å²) in [6.07, 6.45) is 7.13. The zero-order valence-electron chi connectivity index (χ0n) is 34.2. The van der Waals surface area contributed by atoms with Gasteiger partial charge in [0.1, 0.15) is 22.2 Å². The first-order chi connectivity index (χ1) is 29.2. The summed E-state index contributed by atoms with van der Waals surface area (Å²) in [7, 11) is -4.46. The number of rotatable bonds is 11. The van der Waals surface area contributed by atoms with Crippen LogP contribution in [0.3, 0.4) is 0 Å². The molecule has 5 aromatic rings. The van der Waals surface area contributed by atoms with E-state index >= 15 is 4.39 Å². The number of hydrogen-bond acceptors (Lipinski definition) is 9. The van der Waals surface area contributed by atoms with Gasteiger partial charge >= 0.3 is 0 Å². The third-order valence-corrected chi connectivity index (χ3v) is 14.2. The first kappa shape index (κ1) is 42.7. The number of nitrogens with one attached hydrogen (secondary N) is 2. The molecule has 2 aromatic heterocycles. The minimum atomic E-state index is -4.46. The molecule has 3 aliphatic rings. The molecule has 3 heterocycles. The van der Waals surface area contributed by atoms with Gasteiger partial charge in [-0.25, -0.2) is 22.5 Å². The summed E-state index contributed by atoms with van der Waals surface area (Å²) in [5, 5.41) is 17.7. The lowest BCUT2D eigenvalue weighted by Crippen LogP contribution is -2.47. The van der Waals surface area contributed by atoms with Crippen LogP contribution in [0.2, 0.25) is 10.0 Å². The van der Waals surface area contributed by atoms with Gasteiger partial charge in [0.15, 0.2) is 0 Å². The number of alkyl halides is 1. The molecule has 11 nitrogen and oxygen atoms in total. The van der Waals surface area contributed by atoms with Gasteiger partial charge in [0.25, 0.3) is 15.9 Å². The highest BCUT2D eigenvalue weighted by atomic mass is 35.5. The number of allylic oxidation sites excluding steroid dienone is 1. The molecular formula is C46H48Cl2FN7O4S. The quantitative estimate of drug-likeness (QED) is 0.133. The van der Waals surface area contributed by atoms with Crippen molar-refractivity contribution in [1.82, 2.24) is 24.8 Å². The van der Waals surface area contributed by atoms with Gasteiger partial charge in [0.05, 0.1) is 24.0 Å². The van der Waals surface area contributed by atoms with E-state index in [2.05, 4.69) is 61.8 Å². The van der Waals surface area contributed by atoms with Crippen LogP contribution < -0.4 is 14.4 Å². The lowest BCUT2D eigenvalue weighted by atomic mass is 9.72. The summed E-state index contributed by atoms with van der Waals surface area (Å²) >= 11 is 12.6. The predicted octanol–water partition coefficient (Wildman–Crippen LogP) is 9.64. The minimum absolute atomic E-state index is 0.129. The molecule has 8 rings (SSSR count). The van der Waals surface area contributed by atoms with Crippen LogP contribution >= 0.6 is 23.2 Å². The van der Waals surface area contributed by atoms with Crippen LogP contribution in [0.25, 0.3) is 27.6 Å². The van der Waals surface area contributed by atoms with E-state index in [1.54, 1.807) is 12.3 Å². The Kier molecular flexibility index (Phi) is 12.2. The van der Waals surface area contributed by atoms with E-state index in [9.17, 15) is 13.2 Å². The Morgan fingerprint density at radius 2 is 1.75 bits per heavy atom. The third-order valence-electron chi connectivity index (χ3n) is 12.4. The molecule has 1 aliphatic heterocycles. The molecule has 2 fully saturated rings. The van der Waals surface area contributed by atoms with Crippen LogP contribution in [0.15, 0.2) is 89.6 Å². The van der Waals surface area contributed by atoms with Gasteiger partial charge in [-0.05, 0) is 115 Å². The molecule has 3 aromatic carbocycles. The third kappa shape index (κ3) is 9.58. The Bertz CT molecular complexity index is 2630. The van der Waals surface area contributed by atoms with Crippen molar-refractivity contribution >= 4 is 61.3 Å². The Labute approximate surface area is 365 Å². The number of piperazine rings is 1. The number of pyridine rings is 1. The molecule has 0 unspecified atom stereocenters. The van der Waals surface area contributed by atoms with E-state index in [0.29, 0.717) is 24.0 Å². The van der Waals surface area contributed by atoms with Crippen molar-refractivity contribution in [3.05, 3.63) is 106 Å². The summed E-state index contributed by atoms with van der Waals surface area (Å²) in [5.41, 5.74) is 5.84. The van der Waals surface area contributed by atoms with Gasteiger partial charge in [-0.2, -0.15) is 10.4 Å². The second kappa shape index (κ2) is 17.4. The zero-order chi connectivity index (χ0) is 42.9. The summed E-state index contributed by atoms with van der Waals surface area (Å²) in [5.74, 6) is -1.15. The second-order valence-corrected chi connectivity index (χ2v) is 19.8. The number of H-pyrrole nitrogens is 1. The number of halogens is 3. The number of carbonyl (C=O) groups excluding carboxylic acids is 1. The van der Waals surface area contributed by atoms with Gasteiger partial charge in [-0.3, -0.25) is 14.8 Å². The van der Waals surface area contributed by atoms with Crippen molar-refractivity contribution in [1.29, 1.82) is 5.26 Å². The predicted molar refractivity (Wildman–Crippen MR) is 237 cm³/mol. The van der Waals surface area contributed by atoms with Crippen molar-refractivity contribution in [2.24, 2.45) is 11.3 Å². The lowest BCUT2D eigenvalue weighted by Gasteiger charge is -2.39. The van der Waals surface area contributed by atoms with E-state index in [-0.39, 0.29) is 52.1 Å². The number of ether oxygens (including phenoxy) is 1. The van der Waals surface area contributed by atoms with Gasteiger partial charge < -0.3 is 9.64 Å². The summed E-state index contributed by atoms with van der Waals surface area (Å²) in [6.45, 7) is 8.50. The molecule has 0 bridgehead atoms. The van der Waals surface area contributed by atoms with E-state index in [1.807, 2.05) is 42.5 Å². The van der Waals surface area contributed by atoms with Gasteiger partial charge in [0, 0.05) is 60.3 Å². The largest absolute Gasteiger partial charge is 0.473 e. The average Bonchev–Trinajstić information content (AvgIpc) is 3.74. The van der Waals surface area contributed by atoms with Crippen molar-refractivity contribution < 1.29 is 22.3 Å². The minimum Gasteiger partial charge on any atom is -0.473 e. The number of hydrogen-bond donors (Lipinski definition) is 2. The fourth-order valence-electron chi connectivity index (χ4n) is 8.75. The van der Waals surface area contributed by atoms with Crippen molar-refractivity contribution in [3.8, 4) is 23.1 Å². The summed E-state index contributed by atoms with van der Waals surface area (Å²) in [6, 6.07) is 22.6. The molecule has 1 saturated carbocycles. The molecule has 0 atom stereocenters. The number of benzene rings is 3. The number of aromatic nitrogens is 3. The van der Waals surface area contributed by atoms with E-state index in [1.165, 1.54) is 16.7 Å². The number of anilines is 1. The Morgan fingerprint density at radius 3 is 2.48 bits per heavy atom. The average molecular weight is 885 g/mol. The van der Waals surface area contributed by atoms with E-state index in [4.69, 9.17) is 33.2 Å². The number of sulfonamides is 1. The number of nitrogens with zero attached hydrogens (tertiary/aromatic N) is 5. The van der Waals surface area contributed by atoms with E-state index < -0.39 is 21.6 Å². The molecule has 2 N–H and O–H groups in total. The standard InChI is InChI=1S/C46H48Cl2FN7O4S/c1-45(2)15-14-32(39(24-45)31-6-8-33(47)9-7-31)28-55-18-20-56(21-19-55)34-10-11-37(38(22-34)36-4-3-5-42-40(36)27-52-53-42)43(57)54-61(58,59)35-23-41(48)44(51-26-35)60-29-46(49)16-12-30(25-50)13-17-46/h3-11,22-23,26-27,30H,12-21,24,28-29H2,1-2H3,(H,52,53)(H,54,57)/t30-,46-. The topological polar surface area (TPSA) is 144 Å². The molecule has 61 heavy (non-hydrogen) atoms. The summed E-state index contributed by atoms with van der Waals surface area (Å²) in [4.78, 5) is 22.5. The molecule has 15 heteroatoms. The molecule has 2 aliphatic carbocycles. The normalized spacial score (nSPS) is 21.0. The highest BCUT2D eigenvalue weighted by molar-refractivity contribution is 7.90. The number of nitriles is 1. The van der Waals surface area contributed by atoms with Crippen LogP contribution in [0.5, 0.6) is 5.88 Å².